The summed E-state index contributed by atoms with van der Waals surface area (Å²) in [5, 5.41) is 15.7. The number of para-hydroxylation sites is 1. The van der Waals surface area contributed by atoms with Gasteiger partial charge >= 0.3 is 5.97 Å². The van der Waals surface area contributed by atoms with Gasteiger partial charge in [0, 0.05) is 17.5 Å². The predicted octanol–water partition coefficient (Wildman–Crippen LogP) is 6.56. The van der Waals surface area contributed by atoms with Crippen molar-refractivity contribution in [2.24, 2.45) is 0 Å². The zero-order valence-electron chi connectivity index (χ0n) is 19.3. The molecule has 34 heavy (non-hydrogen) atoms. The number of fused-ring (bicyclic) bond motifs is 2. The molecule has 2 N–H and O–H groups in total. The lowest BCUT2D eigenvalue weighted by molar-refractivity contribution is 0.0696. The van der Waals surface area contributed by atoms with Crippen LogP contribution in [0.5, 0.6) is 5.75 Å². The Morgan fingerprint density at radius 3 is 2.65 bits per heavy atom. The number of carboxylic acid groups (broad SMARTS) is 1. The number of carboxylic acids is 1. The van der Waals surface area contributed by atoms with E-state index in [0.29, 0.717) is 5.56 Å². The van der Waals surface area contributed by atoms with E-state index in [1.165, 1.54) is 16.3 Å². The SMILES string of the molecule is C[C@@H](NCCC1CC(c2cccc(C(=O)O)c2)c2ccccc2O1)c1cccc2ccccc12. The topological polar surface area (TPSA) is 58.6 Å². The largest absolute Gasteiger partial charge is 0.490 e. The second kappa shape index (κ2) is 9.70. The van der Waals surface area contributed by atoms with Crippen molar-refractivity contribution in [2.75, 3.05) is 6.54 Å². The first-order chi connectivity index (χ1) is 16.6. The third-order valence-corrected chi connectivity index (χ3v) is 6.83. The minimum atomic E-state index is -0.898. The van der Waals surface area contributed by atoms with Crippen LogP contribution < -0.4 is 10.1 Å². The summed E-state index contributed by atoms with van der Waals surface area (Å²) in [6, 6.07) is 30.6. The number of nitrogens with one attached hydrogen (secondary N) is 1. The molecule has 0 spiro atoms. The number of carbonyl (C=O) groups is 1. The van der Waals surface area contributed by atoms with Crippen LogP contribution in [0.15, 0.2) is 91.0 Å². The van der Waals surface area contributed by atoms with E-state index in [2.05, 4.69) is 60.8 Å². The van der Waals surface area contributed by atoms with E-state index >= 15 is 0 Å². The minimum absolute atomic E-state index is 0.0561. The molecule has 4 heteroatoms. The van der Waals surface area contributed by atoms with Gasteiger partial charge in [-0.05, 0) is 66.4 Å². The summed E-state index contributed by atoms with van der Waals surface area (Å²) in [6.45, 7) is 3.04. The summed E-state index contributed by atoms with van der Waals surface area (Å²) in [5.41, 5.74) is 3.77. The predicted molar refractivity (Wildman–Crippen MR) is 136 cm³/mol. The zero-order valence-corrected chi connectivity index (χ0v) is 19.3. The molecule has 3 atom stereocenters. The molecule has 4 nitrogen and oxygen atoms in total. The zero-order chi connectivity index (χ0) is 23.5. The van der Waals surface area contributed by atoms with E-state index in [-0.39, 0.29) is 18.1 Å². The minimum Gasteiger partial charge on any atom is -0.490 e. The third-order valence-electron chi connectivity index (χ3n) is 6.83. The van der Waals surface area contributed by atoms with Gasteiger partial charge in [0.1, 0.15) is 11.9 Å². The van der Waals surface area contributed by atoms with Crippen molar-refractivity contribution in [2.45, 2.75) is 37.8 Å². The van der Waals surface area contributed by atoms with E-state index in [9.17, 15) is 9.90 Å². The Kier molecular flexibility index (Phi) is 6.33. The van der Waals surface area contributed by atoms with Crippen LogP contribution in [0.1, 0.15) is 58.8 Å². The van der Waals surface area contributed by atoms with Gasteiger partial charge in [-0.2, -0.15) is 0 Å². The van der Waals surface area contributed by atoms with Gasteiger partial charge in [-0.1, -0.05) is 72.8 Å². The molecule has 0 aromatic heterocycles. The fourth-order valence-electron chi connectivity index (χ4n) is 5.07. The highest BCUT2D eigenvalue weighted by Gasteiger charge is 2.29. The first kappa shape index (κ1) is 22.2. The molecular formula is C30H29NO3. The van der Waals surface area contributed by atoms with E-state index in [4.69, 9.17) is 4.74 Å². The molecule has 1 heterocycles. The van der Waals surface area contributed by atoms with Crippen molar-refractivity contribution in [1.29, 1.82) is 0 Å². The number of rotatable bonds is 7. The smallest absolute Gasteiger partial charge is 0.335 e. The number of hydrogen-bond acceptors (Lipinski definition) is 3. The van der Waals surface area contributed by atoms with Crippen LogP contribution in [0.25, 0.3) is 10.8 Å². The Balaban J connectivity index is 1.30. The quantitative estimate of drug-likeness (QED) is 0.334. The maximum atomic E-state index is 11.5. The molecular weight excluding hydrogens is 422 g/mol. The summed E-state index contributed by atoms with van der Waals surface area (Å²) in [7, 11) is 0. The van der Waals surface area contributed by atoms with Crippen molar-refractivity contribution in [3.8, 4) is 5.75 Å². The molecule has 0 saturated carbocycles. The molecule has 4 aromatic rings. The van der Waals surface area contributed by atoms with Crippen molar-refractivity contribution >= 4 is 16.7 Å². The van der Waals surface area contributed by atoms with Crippen LogP contribution in [0.3, 0.4) is 0 Å². The molecule has 0 saturated heterocycles. The van der Waals surface area contributed by atoms with Gasteiger partial charge < -0.3 is 15.2 Å². The van der Waals surface area contributed by atoms with E-state index < -0.39 is 5.97 Å². The summed E-state index contributed by atoms with van der Waals surface area (Å²) < 4.78 is 6.36. The average Bonchev–Trinajstić information content (AvgIpc) is 2.88. The van der Waals surface area contributed by atoms with E-state index in [0.717, 1.165) is 36.3 Å². The summed E-state index contributed by atoms with van der Waals surface area (Å²) in [4.78, 5) is 11.5. The van der Waals surface area contributed by atoms with Gasteiger partial charge in [0.05, 0.1) is 5.56 Å². The molecule has 4 aromatic carbocycles. The number of aromatic carboxylic acids is 1. The first-order valence-corrected chi connectivity index (χ1v) is 11.9. The Morgan fingerprint density at radius 2 is 1.76 bits per heavy atom. The Hall–Kier alpha value is -3.63. The third kappa shape index (κ3) is 4.55. The van der Waals surface area contributed by atoms with Crippen LogP contribution in [-0.2, 0) is 0 Å². The molecule has 172 valence electrons. The summed E-state index contributed by atoms with van der Waals surface area (Å²) in [6.07, 6.45) is 1.75. The van der Waals surface area contributed by atoms with Gasteiger partial charge in [0.25, 0.3) is 0 Å². The van der Waals surface area contributed by atoms with Crippen LogP contribution in [0, 0.1) is 0 Å². The normalized spacial score (nSPS) is 18.1. The second-order valence-corrected chi connectivity index (χ2v) is 9.03. The fraction of sp³-hybridized carbons (Fsp3) is 0.233. The fourth-order valence-corrected chi connectivity index (χ4v) is 5.07. The molecule has 1 aliphatic rings. The molecule has 5 rings (SSSR count). The highest BCUT2D eigenvalue weighted by molar-refractivity contribution is 5.88. The Morgan fingerprint density at radius 1 is 1.00 bits per heavy atom. The monoisotopic (exact) mass is 451 g/mol. The van der Waals surface area contributed by atoms with E-state index in [1.54, 1.807) is 12.1 Å². The summed E-state index contributed by atoms with van der Waals surface area (Å²) >= 11 is 0. The van der Waals surface area contributed by atoms with Crippen molar-refractivity contribution < 1.29 is 14.6 Å². The Bertz CT molecular complexity index is 1310. The highest BCUT2D eigenvalue weighted by atomic mass is 16.5. The molecule has 1 aliphatic heterocycles. The van der Waals surface area contributed by atoms with Gasteiger partial charge in [-0.15, -0.1) is 0 Å². The standard InChI is InChI=1S/C30H29NO3/c1-20(25-14-7-9-21-8-2-3-12-26(21)25)31-17-16-24-19-28(27-13-4-5-15-29(27)34-24)22-10-6-11-23(18-22)30(32)33/h2-15,18,20,24,28,31H,16-17,19H2,1H3,(H,32,33)/t20-,24?,28?/m1/s1. The van der Waals surface area contributed by atoms with Crippen molar-refractivity contribution in [3.05, 3.63) is 113 Å². The second-order valence-electron chi connectivity index (χ2n) is 9.03. The molecule has 0 bridgehead atoms. The van der Waals surface area contributed by atoms with Crippen molar-refractivity contribution in [1.82, 2.24) is 5.32 Å². The molecule has 0 aliphatic carbocycles. The number of ether oxygens (including phenoxy) is 1. The lowest BCUT2D eigenvalue weighted by Crippen LogP contribution is -2.31. The molecule has 0 radical (unpaired) electrons. The molecule has 2 unspecified atom stereocenters. The molecule has 0 amide bonds. The maximum absolute atomic E-state index is 11.5. The van der Waals surface area contributed by atoms with Crippen molar-refractivity contribution in [3.63, 3.8) is 0 Å². The Labute approximate surface area is 200 Å². The highest BCUT2D eigenvalue weighted by Crippen LogP contribution is 2.41. The van der Waals surface area contributed by atoms with Crippen LogP contribution in [-0.4, -0.2) is 23.7 Å². The van der Waals surface area contributed by atoms with Crippen LogP contribution in [0.4, 0.5) is 0 Å². The van der Waals surface area contributed by atoms with Crippen LogP contribution in [0.2, 0.25) is 0 Å². The van der Waals surface area contributed by atoms with Gasteiger partial charge in [-0.25, -0.2) is 4.79 Å². The number of benzene rings is 4. The maximum Gasteiger partial charge on any atom is 0.335 e. The van der Waals surface area contributed by atoms with Gasteiger partial charge in [0.15, 0.2) is 0 Å². The summed E-state index contributed by atoms with van der Waals surface area (Å²) in [5.74, 6) is 0.113. The van der Waals surface area contributed by atoms with Gasteiger partial charge in [-0.3, -0.25) is 0 Å². The van der Waals surface area contributed by atoms with E-state index in [1.807, 2.05) is 30.3 Å². The van der Waals surface area contributed by atoms with Gasteiger partial charge in [0.2, 0.25) is 0 Å². The number of hydrogen-bond donors (Lipinski definition) is 2. The molecule has 0 fully saturated rings. The first-order valence-electron chi connectivity index (χ1n) is 11.9. The lowest BCUT2D eigenvalue weighted by atomic mass is 9.83. The average molecular weight is 452 g/mol. The van der Waals surface area contributed by atoms with Crippen LogP contribution >= 0.6 is 0 Å². The lowest BCUT2D eigenvalue weighted by Gasteiger charge is -2.33.